The van der Waals surface area contributed by atoms with E-state index in [-0.39, 0.29) is 22.9 Å². The molecular weight excluding hydrogens is 283 g/mol. The first-order chi connectivity index (χ1) is 9.70. The third-order valence-corrected chi connectivity index (χ3v) is 4.20. The van der Waals surface area contributed by atoms with Gasteiger partial charge in [0.1, 0.15) is 0 Å². The molecular formula is C14H16F3N3O. The van der Waals surface area contributed by atoms with E-state index in [0.717, 1.165) is 25.2 Å². The lowest BCUT2D eigenvalue weighted by Crippen LogP contribution is -2.64. The van der Waals surface area contributed by atoms with Crippen LogP contribution in [0, 0.1) is 11.3 Å². The Morgan fingerprint density at radius 1 is 1.29 bits per heavy atom. The molecule has 1 aliphatic carbocycles. The Balaban J connectivity index is 1.77. The summed E-state index contributed by atoms with van der Waals surface area (Å²) in [4.78, 5) is 20.6. The SMILES string of the molecule is CC1(C)CN(C(=O)c2cnc(C(F)(F)F)nc2)C1C1CC1. The van der Waals surface area contributed by atoms with E-state index in [1.807, 2.05) is 0 Å². The number of hydrogen-bond acceptors (Lipinski definition) is 3. The van der Waals surface area contributed by atoms with Crippen molar-refractivity contribution in [2.75, 3.05) is 6.54 Å². The van der Waals surface area contributed by atoms with Crippen molar-refractivity contribution in [2.45, 2.75) is 38.9 Å². The minimum Gasteiger partial charge on any atom is -0.334 e. The van der Waals surface area contributed by atoms with Gasteiger partial charge < -0.3 is 4.90 Å². The highest BCUT2D eigenvalue weighted by molar-refractivity contribution is 5.94. The summed E-state index contributed by atoms with van der Waals surface area (Å²) in [5.41, 5.74) is 0.188. The molecule has 2 heterocycles. The van der Waals surface area contributed by atoms with Crippen molar-refractivity contribution in [1.29, 1.82) is 0 Å². The van der Waals surface area contributed by atoms with E-state index in [2.05, 4.69) is 23.8 Å². The Kier molecular flexibility index (Phi) is 3.00. The van der Waals surface area contributed by atoms with Gasteiger partial charge in [-0.3, -0.25) is 4.79 Å². The van der Waals surface area contributed by atoms with Crippen LogP contribution in [-0.2, 0) is 6.18 Å². The molecule has 0 aromatic carbocycles. The zero-order chi connectivity index (χ0) is 15.4. The summed E-state index contributed by atoms with van der Waals surface area (Å²) in [5.74, 6) is -0.977. The number of amides is 1. The molecule has 1 saturated carbocycles. The third-order valence-electron chi connectivity index (χ3n) is 4.20. The molecule has 21 heavy (non-hydrogen) atoms. The molecule has 7 heteroatoms. The maximum atomic E-state index is 12.4. The van der Waals surface area contributed by atoms with Gasteiger partial charge in [0.15, 0.2) is 0 Å². The van der Waals surface area contributed by atoms with E-state index in [4.69, 9.17) is 0 Å². The molecule has 1 atom stereocenters. The van der Waals surface area contributed by atoms with Crippen LogP contribution in [0.3, 0.4) is 0 Å². The highest BCUT2D eigenvalue weighted by Gasteiger charge is 2.54. The normalized spacial score (nSPS) is 24.6. The summed E-state index contributed by atoms with van der Waals surface area (Å²) in [6.45, 7) is 4.85. The maximum absolute atomic E-state index is 12.4. The molecule has 114 valence electrons. The number of alkyl halides is 3. The first-order valence-corrected chi connectivity index (χ1v) is 6.90. The molecule has 3 rings (SSSR count). The highest BCUT2D eigenvalue weighted by atomic mass is 19.4. The molecule has 2 aliphatic rings. The number of carbonyl (C=O) groups is 1. The van der Waals surface area contributed by atoms with Crippen LogP contribution in [0.1, 0.15) is 42.9 Å². The lowest BCUT2D eigenvalue weighted by Gasteiger charge is -2.54. The topological polar surface area (TPSA) is 46.1 Å². The van der Waals surface area contributed by atoms with Gasteiger partial charge in [-0.2, -0.15) is 13.2 Å². The fourth-order valence-electron chi connectivity index (χ4n) is 3.19. The van der Waals surface area contributed by atoms with Gasteiger partial charge in [-0.1, -0.05) is 13.8 Å². The van der Waals surface area contributed by atoms with Crippen molar-refractivity contribution in [2.24, 2.45) is 11.3 Å². The smallest absolute Gasteiger partial charge is 0.334 e. The van der Waals surface area contributed by atoms with Gasteiger partial charge in [0.2, 0.25) is 5.82 Å². The molecule has 2 fully saturated rings. The minimum atomic E-state index is -4.59. The number of halogens is 3. The van der Waals surface area contributed by atoms with Gasteiger partial charge in [0.05, 0.1) is 5.56 Å². The van der Waals surface area contributed by atoms with Crippen LogP contribution in [0.2, 0.25) is 0 Å². The standard InChI is InChI=1S/C14H16F3N3O/c1-13(2)7-20(10(13)8-3-4-8)11(21)9-5-18-12(19-6-9)14(15,16)17/h5-6,8,10H,3-4,7H2,1-2H3. The number of aromatic nitrogens is 2. The fraction of sp³-hybridized carbons (Fsp3) is 0.643. The van der Waals surface area contributed by atoms with Crippen LogP contribution in [0.15, 0.2) is 12.4 Å². The third kappa shape index (κ3) is 2.49. The van der Waals surface area contributed by atoms with E-state index in [0.29, 0.717) is 12.5 Å². The average Bonchev–Trinajstić information content (AvgIpc) is 3.19. The minimum absolute atomic E-state index is 0.0730. The Morgan fingerprint density at radius 2 is 1.86 bits per heavy atom. The molecule has 4 nitrogen and oxygen atoms in total. The summed E-state index contributed by atoms with van der Waals surface area (Å²) < 4.78 is 37.2. The van der Waals surface area contributed by atoms with Crippen LogP contribution in [0.5, 0.6) is 0 Å². The van der Waals surface area contributed by atoms with Crippen molar-refractivity contribution in [3.05, 3.63) is 23.8 Å². The Labute approximate surface area is 120 Å². The van der Waals surface area contributed by atoms with Gasteiger partial charge in [0, 0.05) is 30.4 Å². The van der Waals surface area contributed by atoms with Crippen molar-refractivity contribution in [3.63, 3.8) is 0 Å². The summed E-state index contributed by atoms with van der Waals surface area (Å²) >= 11 is 0. The molecule has 1 aromatic heterocycles. The van der Waals surface area contributed by atoms with Gasteiger partial charge in [-0.05, 0) is 18.8 Å². The highest BCUT2D eigenvalue weighted by Crippen LogP contribution is 2.50. The number of hydrogen-bond donors (Lipinski definition) is 0. The van der Waals surface area contributed by atoms with Gasteiger partial charge in [-0.15, -0.1) is 0 Å². The molecule has 0 N–H and O–H groups in total. The lowest BCUT2D eigenvalue weighted by molar-refractivity contribution is -0.145. The molecule has 1 saturated heterocycles. The van der Waals surface area contributed by atoms with Gasteiger partial charge in [-0.25, -0.2) is 9.97 Å². The molecule has 1 aliphatic heterocycles. The van der Waals surface area contributed by atoms with Crippen LogP contribution >= 0.6 is 0 Å². The zero-order valence-electron chi connectivity index (χ0n) is 11.8. The van der Waals surface area contributed by atoms with E-state index in [9.17, 15) is 18.0 Å². The second-order valence-electron chi connectivity index (χ2n) is 6.50. The van der Waals surface area contributed by atoms with Crippen molar-refractivity contribution >= 4 is 5.91 Å². The molecule has 1 aromatic rings. The van der Waals surface area contributed by atoms with E-state index in [1.165, 1.54) is 0 Å². The van der Waals surface area contributed by atoms with Gasteiger partial charge in [0.25, 0.3) is 5.91 Å². The van der Waals surface area contributed by atoms with Crippen molar-refractivity contribution in [3.8, 4) is 0 Å². The summed E-state index contributed by atoms with van der Waals surface area (Å²) in [7, 11) is 0. The number of rotatable bonds is 2. The quantitative estimate of drug-likeness (QED) is 0.843. The molecule has 1 amide bonds. The first kappa shape index (κ1) is 14.3. The predicted octanol–water partition coefficient (Wildman–Crippen LogP) is 2.76. The van der Waals surface area contributed by atoms with E-state index in [1.54, 1.807) is 4.90 Å². The Morgan fingerprint density at radius 3 is 2.29 bits per heavy atom. The van der Waals surface area contributed by atoms with Crippen LogP contribution < -0.4 is 0 Å². The summed E-state index contributed by atoms with van der Waals surface area (Å²) in [6.07, 6.45) is -0.430. The molecule has 0 bridgehead atoms. The summed E-state index contributed by atoms with van der Waals surface area (Å²) in [6, 6.07) is 0.173. The lowest BCUT2D eigenvalue weighted by atomic mass is 9.72. The van der Waals surface area contributed by atoms with Crippen LogP contribution in [0.4, 0.5) is 13.2 Å². The van der Waals surface area contributed by atoms with Crippen LogP contribution in [-0.4, -0.2) is 33.4 Å². The Bertz CT molecular complexity index is 564. The average molecular weight is 299 g/mol. The van der Waals surface area contributed by atoms with Crippen LogP contribution in [0.25, 0.3) is 0 Å². The predicted molar refractivity (Wildman–Crippen MR) is 68.4 cm³/mol. The summed E-state index contributed by atoms with van der Waals surface area (Å²) in [5, 5.41) is 0. The van der Waals surface area contributed by atoms with Gasteiger partial charge >= 0.3 is 6.18 Å². The largest absolute Gasteiger partial charge is 0.451 e. The van der Waals surface area contributed by atoms with Crippen molar-refractivity contribution < 1.29 is 18.0 Å². The zero-order valence-corrected chi connectivity index (χ0v) is 11.8. The van der Waals surface area contributed by atoms with E-state index >= 15 is 0 Å². The second-order valence-corrected chi connectivity index (χ2v) is 6.50. The first-order valence-electron chi connectivity index (χ1n) is 6.90. The monoisotopic (exact) mass is 299 g/mol. The second kappa shape index (κ2) is 4.42. The fourth-order valence-corrected chi connectivity index (χ4v) is 3.19. The number of likely N-dealkylation sites (tertiary alicyclic amines) is 1. The van der Waals surface area contributed by atoms with Crippen molar-refractivity contribution in [1.82, 2.24) is 14.9 Å². The number of nitrogens with zero attached hydrogens (tertiary/aromatic N) is 3. The van der Waals surface area contributed by atoms with E-state index < -0.39 is 12.0 Å². The maximum Gasteiger partial charge on any atom is 0.451 e. The number of carbonyl (C=O) groups excluding carboxylic acids is 1. The molecule has 0 spiro atoms. The molecule has 0 radical (unpaired) electrons. The molecule has 1 unspecified atom stereocenters. The Hall–Kier alpha value is -1.66.